The van der Waals surface area contributed by atoms with Crippen LogP contribution >= 0.6 is 0 Å². The fourth-order valence-electron chi connectivity index (χ4n) is 4.98. The zero-order valence-electron chi connectivity index (χ0n) is 15.6. The number of fused-ring (bicyclic) bond motifs is 5. The van der Waals surface area contributed by atoms with Crippen LogP contribution in [0.1, 0.15) is 54.7 Å². The lowest BCUT2D eigenvalue weighted by atomic mass is 9.81. The topological polar surface area (TPSA) is 25.2 Å². The average molecular weight is 355 g/mol. The minimum atomic E-state index is 0.135. The van der Waals surface area contributed by atoms with Crippen LogP contribution in [0.4, 0.5) is 0 Å². The molecule has 2 aliphatic rings. The molecule has 1 N–H and O–H groups in total. The lowest BCUT2D eigenvalue weighted by Crippen LogP contribution is -2.07. The molecule has 0 amide bonds. The summed E-state index contributed by atoms with van der Waals surface area (Å²) in [6.07, 6.45) is 11.0. The van der Waals surface area contributed by atoms with Gasteiger partial charge in [-0.3, -0.25) is 0 Å². The van der Waals surface area contributed by atoms with Gasteiger partial charge in [0, 0.05) is 28.6 Å². The first kappa shape index (κ1) is 16.4. The fraction of sp³-hybridized carbons (Fsp3) is 0.280. The molecule has 1 aliphatic carbocycles. The standard InChI is InChI=1S/C25H25NO/c1-17(27)20-13-14-22-23(16-20)26-15-7-11-18-8-5-6-12-21(18)25(26)24(22)19-9-3-2-4-10-19/h5-8,11-14,16,19,27H,1-4,9-10,15H2. The van der Waals surface area contributed by atoms with Crippen molar-refractivity contribution in [3.8, 4) is 11.3 Å². The van der Waals surface area contributed by atoms with E-state index >= 15 is 0 Å². The molecule has 2 aromatic carbocycles. The molecule has 27 heavy (non-hydrogen) atoms. The van der Waals surface area contributed by atoms with Crippen molar-refractivity contribution in [2.24, 2.45) is 0 Å². The van der Waals surface area contributed by atoms with E-state index in [1.54, 1.807) is 0 Å². The lowest BCUT2D eigenvalue weighted by Gasteiger charge is -2.23. The third-order valence-corrected chi connectivity index (χ3v) is 6.25. The van der Waals surface area contributed by atoms with Crippen LogP contribution in [0.25, 0.3) is 34.0 Å². The Morgan fingerprint density at radius 1 is 1.04 bits per heavy atom. The molecule has 2 heterocycles. The molecule has 0 atom stereocenters. The molecule has 1 aliphatic heterocycles. The molecule has 1 aromatic heterocycles. The van der Waals surface area contributed by atoms with E-state index in [0.29, 0.717) is 5.92 Å². The summed E-state index contributed by atoms with van der Waals surface area (Å²) in [5, 5.41) is 11.3. The number of benzene rings is 2. The highest BCUT2D eigenvalue weighted by atomic mass is 16.3. The molecule has 0 unspecified atom stereocenters. The maximum Gasteiger partial charge on any atom is 0.115 e. The fourth-order valence-corrected chi connectivity index (χ4v) is 4.98. The Hall–Kier alpha value is -2.74. The van der Waals surface area contributed by atoms with E-state index < -0.39 is 0 Å². The number of rotatable bonds is 2. The predicted octanol–water partition coefficient (Wildman–Crippen LogP) is 6.91. The second-order valence-corrected chi connectivity index (χ2v) is 7.88. The Morgan fingerprint density at radius 2 is 1.85 bits per heavy atom. The Morgan fingerprint density at radius 3 is 2.67 bits per heavy atom. The van der Waals surface area contributed by atoms with Crippen molar-refractivity contribution >= 4 is 22.7 Å². The van der Waals surface area contributed by atoms with E-state index in [2.05, 4.69) is 59.7 Å². The van der Waals surface area contributed by atoms with Gasteiger partial charge >= 0.3 is 0 Å². The number of allylic oxidation sites excluding steroid dienone is 1. The van der Waals surface area contributed by atoms with E-state index in [0.717, 1.165) is 12.1 Å². The van der Waals surface area contributed by atoms with Gasteiger partial charge in [0.2, 0.25) is 0 Å². The van der Waals surface area contributed by atoms with Crippen molar-refractivity contribution in [2.45, 2.75) is 44.6 Å². The summed E-state index contributed by atoms with van der Waals surface area (Å²) in [4.78, 5) is 0. The molecular formula is C25H25NO. The first-order valence-electron chi connectivity index (χ1n) is 10.0. The molecule has 0 saturated heterocycles. The third kappa shape index (κ3) is 2.63. The predicted molar refractivity (Wildman–Crippen MR) is 114 cm³/mol. The molecule has 3 aromatic rings. The number of hydrogen-bond donors (Lipinski definition) is 1. The summed E-state index contributed by atoms with van der Waals surface area (Å²) in [7, 11) is 0. The van der Waals surface area contributed by atoms with Gasteiger partial charge in [0.1, 0.15) is 5.76 Å². The number of aliphatic hydroxyl groups excluding tert-OH is 1. The van der Waals surface area contributed by atoms with E-state index in [9.17, 15) is 5.11 Å². The van der Waals surface area contributed by atoms with Gasteiger partial charge in [-0.2, -0.15) is 0 Å². The van der Waals surface area contributed by atoms with E-state index in [1.807, 2.05) is 6.07 Å². The Balaban J connectivity index is 1.85. The third-order valence-electron chi connectivity index (χ3n) is 6.25. The van der Waals surface area contributed by atoms with Crippen molar-refractivity contribution in [2.75, 3.05) is 0 Å². The molecule has 0 bridgehead atoms. The Kier molecular flexibility index (Phi) is 3.93. The number of aliphatic hydroxyl groups is 1. The molecule has 1 fully saturated rings. The van der Waals surface area contributed by atoms with Gasteiger partial charge < -0.3 is 9.67 Å². The summed E-state index contributed by atoms with van der Waals surface area (Å²) >= 11 is 0. The molecular weight excluding hydrogens is 330 g/mol. The highest BCUT2D eigenvalue weighted by molar-refractivity contribution is 5.96. The minimum absolute atomic E-state index is 0.135. The molecule has 136 valence electrons. The summed E-state index contributed by atoms with van der Waals surface area (Å²) in [6.45, 7) is 4.58. The SMILES string of the molecule is C=C(O)c1ccc2c(C3CCCCC3)c3n(c2c1)CC=Cc1ccccc1-3. The van der Waals surface area contributed by atoms with Gasteiger partial charge in [-0.05, 0) is 36.0 Å². The second kappa shape index (κ2) is 6.45. The Labute approximate surface area is 160 Å². The van der Waals surface area contributed by atoms with Crippen LogP contribution < -0.4 is 0 Å². The summed E-state index contributed by atoms with van der Waals surface area (Å²) in [6, 6.07) is 15.1. The van der Waals surface area contributed by atoms with Crippen LogP contribution in [0, 0.1) is 0 Å². The molecule has 2 heteroatoms. The minimum Gasteiger partial charge on any atom is -0.508 e. The molecule has 0 spiro atoms. The Bertz CT molecular complexity index is 1060. The largest absolute Gasteiger partial charge is 0.508 e. The van der Waals surface area contributed by atoms with E-state index in [1.165, 1.54) is 65.4 Å². The first-order valence-corrected chi connectivity index (χ1v) is 10.0. The molecule has 0 radical (unpaired) electrons. The zero-order chi connectivity index (χ0) is 18.4. The quantitative estimate of drug-likeness (QED) is 0.496. The summed E-state index contributed by atoms with van der Waals surface area (Å²) < 4.78 is 2.44. The monoisotopic (exact) mass is 355 g/mol. The molecule has 5 rings (SSSR count). The summed E-state index contributed by atoms with van der Waals surface area (Å²) in [5.41, 5.74) is 7.52. The zero-order valence-corrected chi connectivity index (χ0v) is 15.6. The number of nitrogens with zero attached hydrogens (tertiary/aromatic N) is 1. The van der Waals surface area contributed by atoms with Crippen molar-refractivity contribution in [1.29, 1.82) is 0 Å². The van der Waals surface area contributed by atoms with Crippen LogP contribution in [0.5, 0.6) is 0 Å². The smallest absolute Gasteiger partial charge is 0.115 e. The van der Waals surface area contributed by atoms with Crippen molar-refractivity contribution in [1.82, 2.24) is 4.57 Å². The maximum atomic E-state index is 9.94. The highest BCUT2D eigenvalue weighted by Gasteiger charge is 2.27. The second-order valence-electron chi connectivity index (χ2n) is 7.88. The van der Waals surface area contributed by atoms with Gasteiger partial charge in [-0.1, -0.05) is 74.4 Å². The van der Waals surface area contributed by atoms with Crippen molar-refractivity contribution in [3.05, 3.63) is 71.8 Å². The highest BCUT2D eigenvalue weighted by Crippen LogP contribution is 2.46. The maximum absolute atomic E-state index is 9.94. The van der Waals surface area contributed by atoms with Crippen molar-refractivity contribution < 1.29 is 5.11 Å². The van der Waals surface area contributed by atoms with Crippen LogP contribution in [0.15, 0.2) is 55.1 Å². The summed E-state index contributed by atoms with van der Waals surface area (Å²) in [5.74, 6) is 0.753. The van der Waals surface area contributed by atoms with E-state index in [-0.39, 0.29) is 5.76 Å². The van der Waals surface area contributed by atoms with Gasteiger partial charge in [0.25, 0.3) is 0 Å². The van der Waals surface area contributed by atoms with Gasteiger partial charge in [-0.15, -0.1) is 0 Å². The first-order chi connectivity index (χ1) is 13.2. The number of aromatic nitrogens is 1. The van der Waals surface area contributed by atoms with Gasteiger partial charge in [0.05, 0.1) is 5.69 Å². The molecule has 1 saturated carbocycles. The lowest BCUT2D eigenvalue weighted by molar-refractivity contribution is 0.445. The van der Waals surface area contributed by atoms with Gasteiger partial charge in [-0.25, -0.2) is 0 Å². The average Bonchev–Trinajstić information content (AvgIpc) is 2.90. The molecule has 2 nitrogen and oxygen atoms in total. The van der Waals surface area contributed by atoms with Crippen LogP contribution in [-0.2, 0) is 6.54 Å². The van der Waals surface area contributed by atoms with E-state index in [4.69, 9.17) is 0 Å². The van der Waals surface area contributed by atoms with Crippen LogP contribution in [0.3, 0.4) is 0 Å². The number of hydrogen-bond acceptors (Lipinski definition) is 1. The van der Waals surface area contributed by atoms with Crippen LogP contribution in [-0.4, -0.2) is 9.67 Å². The van der Waals surface area contributed by atoms with Gasteiger partial charge in [0.15, 0.2) is 0 Å². The normalized spacial score (nSPS) is 16.7. The van der Waals surface area contributed by atoms with Crippen molar-refractivity contribution in [3.63, 3.8) is 0 Å². The van der Waals surface area contributed by atoms with Crippen LogP contribution in [0.2, 0.25) is 0 Å².